The van der Waals surface area contributed by atoms with Crippen molar-refractivity contribution in [3.63, 3.8) is 0 Å². The van der Waals surface area contributed by atoms with Gasteiger partial charge in [-0.2, -0.15) is 22.3 Å². The van der Waals surface area contributed by atoms with Gasteiger partial charge < -0.3 is 24.3 Å². The quantitative estimate of drug-likeness (QED) is 0.0922. The molecule has 2 aromatic carbocycles. The summed E-state index contributed by atoms with van der Waals surface area (Å²) in [6.45, 7) is 2.63. The minimum absolute atomic E-state index is 0.00493. The first-order valence-electron chi connectivity index (χ1n) is 13.1. The molecule has 12 heteroatoms. The van der Waals surface area contributed by atoms with Crippen molar-refractivity contribution < 1.29 is 41.3 Å². The molecule has 0 spiro atoms. The Kier molecular flexibility index (Phi) is 9.37. The van der Waals surface area contributed by atoms with E-state index in [4.69, 9.17) is 14.2 Å². The number of anilines is 1. The maximum absolute atomic E-state index is 16.8. The zero-order valence-corrected chi connectivity index (χ0v) is 23.9. The molecule has 0 fully saturated rings. The van der Waals surface area contributed by atoms with Crippen LogP contribution in [0.15, 0.2) is 67.0 Å². The highest BCUT2D eigenvalue weighted by Crippen LogP contribution is 2.40. The van der Waals surface area contributed by atoms with E-state index in [0.29, 0.717) is 22.6 Å². The van der Waals surface area contributed by atoms with E-state index in [1.807, 2.05) is 0 Å². The Labute approximate surface area is 245 Å². The Balaban J connectivity index is 1.99. The molecule has 0 unspecified atom stereocenters. The first-order chi connectivity index (χ1) is 20.5. The Hall–Kier alpha value is -4.87. The van der Waals surface area contributed by atoms with Crippen molar-refractivity contribution >= 4 is 11.7 Å². The normalized spacial score (nSPS) is 11.3. The second-order valence-electron chi connectivity index (χ2n) is 9.50. The second-order valence-corrected chi connectivity index (χ2v) is 9.50. The number of hydrogen-bond acceptors (Lipinski definition) is 7. The van der Waals surface area contributed by atoms with Crippen LogP contribution >= 0.6 is 0 Å². The summed E-state index contributed by atoms with van der Waals surface area (Å²) in [6.07, 6.45) is -3.16. The summed E-state index contributed by atoms with van der Waals surface area (Å²) >= 11 is 0. The number of carbonyl (C=O) groups excluding carboxylic acids is 1. The van der Waals surface area contributed by atoms with E-state index >= 15 is 4.39 Å². The van der Waals surface area contributed by atoms with Crippen LogP contribution in [0.1, 0.15) is 39.5 Å². The Morgan fingerprint density at radius 1 is 0.953 bits per heavy atom. The number of rotatable bonds is 10. The average Bonchev–Trinajstić information content (AvgIpc) is 2.97. The second kappa shape index (κ2) is 13.0. The maximum Gasteiger partial charge on any atom is 0.419 e. The van der Waals surface area contributed by atoms with E-state index in [0.717, 1.165) is 18.5 Å². The summed E-state index contributed by atoms with van der Waals surface area (Å²) in [5, 5.41) is 13.2. The Morgan fingerprint density at radius 3 is 1.95 bits per heavy atom. The highest BCUT2D eigenvalue weighted by atomic mass is 19.4. The van der Waals surface area contributed by atoms with Crippen LogP contribution in [0.25, 0.3) is 11.4 Å². The van der Waals surface area contributed by atoms with Gasteiger partial charge in [-0.15, -0.1) is 0 Å². The number of ether oxygens (including phenoxy) is 3. The van der Waals surface area contributed by atoms with Crippen LogP contribution in [0.3, 0.4) is 0 Å². The van der Waals surface area contributed by atoms with Gasteiger partial charge in [0.2, 0.25) is 5.82 Å². The lowest BCUT2D eigenvalue weighted by atomic mass is 10.0. The summed E-state index contributed by atoms with van der Waals surface area (Å²) in [6, 6.07) is 14.8. The van der Waals surface area contributed by atoms with Gasteiger partial charge >= 0.3 is 12.1 Å². The van der Waals surface area contributed by atoms with Crippen LogP contribution in [0.2, 0.25) is 0 Å². The summed E-state index contributed by atoms with van der Waals surface area (Å²) in [5.41, 5.74) is -2.93. The third kappa shape index (κ3) is 6.79. The molecule has 0 saturated heterocycles. The molecule has 2 aromatic heterocycles. The average molecular weight is 600 g/mol. The molecule has 0 amide bonds. The molecule has 0 radical (unpaired) electrons. The molecule has 0 aliphatic carbocycles. The third-order valence-corrected chi connectivity index (χ3v) is 6.68. The van der Waals surface area contributed by atoms with Gasteiger partial charge in [-0.25, -0.2) is 9.78 Å². The molecular formula is C31H29F4N3O5. The molecular weight excluding hydrogens is 570 g/mol. The van der Waals surface area contributed by atoms with Crippen molar-refractivity contribution in [1.29, 1.82) is 0 Å². The predicted octanol–water partition coefficient (Wildman–Crippen LogP) is 6.25. The summed E-state index contributed by atoms with van der Waals surface area (Å²) in [7, 11) is 3.01. The van der Waals surface area contributed by atoms with Crippen molar-refractivity contribution in [3.8, 4) is 22.9 Å². The van der Waals surface area contributed by atoms with E-state index in [9.17, 15) is 23.2 Å². The van der Waals surface area contributed by atoms with Crippen molar-refractivity contribution in [3.05, 3.63) is 106 Å². The van der Waals surface area contributed by atoms with Crippen LogP contribution in [-0.2, 0) is 24.0 Å². The molecule has 43 heavy (non-hydrogen) atoms. The first-order valence-corrected chi connectivity index (χ1v) is 13.1. The SMILES string of the molecule is CCOC(=O)c1c[n+]([O-])c(-c2nccc(C)c2C(F)(F)F)c(F)c1N(Cc1ccc(OC)cc1)Cc1ccc(OC)cc1. The monoisotopic (exact) mass is 599 g/mol. The van der Waals surface area contributed by atoms with Gasteiger partial charge in [0.15, 0.2) is 17.5 Å². The van der Waals surface area contributed by atoms with Gasteiger partial charge in [-0.1, -0.05) is 24.3 Å². The van der Waals surface area contributed by atoms with E-state index in [1.165, 1.54) is 33.0 Å². The van der Waals surface area contributed by atoms with E-state index < -0.39 is 46.2 Å². The van der Waals surface area contributed by atoms with Crippen molar-refractivity contribution in [2.75, 3.05) is 25.7 Å². The van der Waals surface area contributed by atoms with Crippen molar-refractivity contribution in [1.82, 2.24) is 4.98 Å². The fourth-order valence-electron chi connectivity index (χ4n) is 4.66. The largest absolute Gasteiger partial charge is 0.618 e. The smallest absolute Gasteiger partial charge is 0.419 e. The predicted molar refractivity (Wildman–Crippen MR) is 150 cm³/mol. The molecule has 0 saturated carbocycles. The summed E-state index contributed by atoms with van der Waals surface area (Å²) < 4.78 is 74.6. The molecule has 4 aromatic rings. The minimum Gasteiger partial charge on any atom is -0.618 e. The molecule has 2 heterocycles. The van der Waals surface area contributed by atoms with E-state index in [2.05, 4.69) is 4.98 Å². The van der Waals surface area contributed by atoms with Crippen LogP contribution < -0.4 is 19.1 Å². The Bertz CT molecular complexity index is 1540. The van der Waals surface area contributed by atoms with Gasteiger partial charge in [0.25, 0.3) is 5.69 Å². The molecule has 226 valence electrons. The number of methoxy groups -OCH3 is 2. The lowest BCUT2D eigenvalue weighted by Gasteiger charge is -2.28. The molecule has 0 aliphatic heterocycles. The molecule has 0 bridgehead atoms. The zero-order valence-electron chi connectivity index (χ0n) is 23.9. The van der Waals surface area contributed by atoms with Crippen LogP contribution in [0.4, 0.5) is 23.2 Å². The van der Waals surface area contributed by atoms with Crippen molar-refractivity contribution in [2.24, 2.45) is 0 Å². The molecule has 0 atom stereocenters. The number of nitrogens with zero attached hydrogens (tertiary/aromatic N) is 3. The van der Waals surface area contributed by atoms with Gasteiger partial charge in [0.05, 0.1) is 26.4 Å². The number of halogens is 4. The topological polar surface area (TPSA) is 87.8 Å². The highest BCUT2D eigenvalue weighted by molar-refractivity contribution is 5.96. The fourth-order valence-corrected chi connectivity index (χ4v) is 4.66. The van der Waals surface area contributed by atoms with Gasteiger partial charge in [0, 0.05) is 19.3 Å². The van der Waals surface area contributed by atoms with E-state index in [-0.39, 0.29) is 30.0 Å². The lowest BCUT2D eigenvalue weighted by Crippen LogP contribution is -2.36. The van der Waals surface area contributed by atoms with Crippen molar-refractivity contribution in [2.45, 2.75) is 33.1 Å². The summed E-state index contributed by atoms with van der Waals surface area (Å²) in [4.78, 5) is 18.3. The third-order valence-electron chi connectivity index (χ3n) is 6.68. The van der Waals surface area contributed by atoms with Gasteiger partial charge in [-0.05, 0) is 60.9 Å². The summed E-state index contributed by atoms with van der Waals surface area (Å²) in [5.74, 6) is -1.23. The van der Waals surface area contributed by atoms with Gasteiger partial charge in [0.1, 0.15) is 17.2 Å². The number of benzene rings is 2. The number of hydrogen-bond donors (Lipinski definition) is 0. The van der Waals surface area contributed by atoms with Gasteiger partial charge in [-0.3, -0.25) is 0 Å². The number of alkyl halides is 3. The highest BCUT2D eigenvalue weighted by Gasteiger charge is 2.41. The Morgan fingerprint density at radius 2 is 1.49 bits per heavy atom. The lowest BCUT2D eigenvalue weighted by molar-refractivity contribution is -0.595. The maximum atomic E-state index is 16.8. The molecule has 0 N–H and O–H groups in total. The molecule has 0 aliphatic rings. The molecule has 8 nitrogen and oxygen atoms in total. The number of pyridine rings is 2. The number of carbonyl (C=O) groups is 1. The molecule has 4 rings (SSSR count). The van der Waals surface area contributed by atoms with Crippen LogP contribution in [0, 0.1) is 17.9 Å². The van der Waals surface area contributed by atoms with Crippen LogP contribution in [-0.4, -0.2) is 31.8 Å². The minimum atomic E-state index is -4.95. The van der Waals surface area contributed by atoms with E-state index in [1.54, 1.807) is 48.5 Å². The number of aromatic nitrogens is 2. The number of esters is 1. The zero-order chi connectivity index (χ0) is 31.3. The van der Waals surface area contributed by atoms with Crippen LogP contribution in [0.5, 0.6) is 11.5 Å². The standard InChI is InChI=1S/C31H29F4N3O5/c1-5-43-30(39)24-18-38(40)29(27-25(31(33,34)35)19(2)14-15-36-27)26(32)28(24)37(16-20-6-10-22(41-3)11-7-20)17-21-8-12-23(42-4)13-9-21/h6-15,18H,5,16-17H2,1-4H3. The number of aryl methyl sites for hydroxylation is 1. The first kappa shape index (κ1) is 31.1. The fraction of sp³-hybridized carbons (Fsp3) is 0.258.